The first-order valence-electron chi connectivity index (χ1n) is 6.56. The van der Waals surface area contributed by atoms with E-state index < -0.39 is 15.6 Å². The van der Waals surface area contributed by atoms with Crippen LogP contribution in [0.5, 0.6) is 0 Å². The fourth-order valence-electron chi connectivity index (χ4n) is 1.70. The van der Waals surface area contributed by atoms with Gasteiger partial charge in [0.1, 0.15) is 0 Å². The van der Waals surface area contributed by atoms with Gasteiger partial charge in [-0.05, 0) is 37.5 Å². The molecule has 1 aromatic rings. The molecule has 1 rings (SSSR count). The molecule has 0 aliphatic rings. The Hall–Kier alpha value is -0.580. The minimum atomic E-state index is -3.51. The van der Waals surface area contributed by atoms with Crippen LogP contribution in [0.2, 0.25) is 0 Å². The molecule has 0 bridgehead atoms. The quantitative estimate of drug-likeness (QED) is 0.785. The van der Waals surface area contributed by atoms with Gasteiger partial charge in [-0.2, -0.15) is 0 Å². The molecule has 5 heteroatoms. The third-order valence-corrected chi connectivity index (χ3v) is 5.47. The Morgan fingerprint density at radius 2 is 1.79 bits per heavy atom. The number of alkyl halides is 1. The van der Waals surface area contributed by atoms with Gasteiger partial charge in [-0.25, -0.2) is 13.1 Å². The van der Waals surface area contributed by atoms with Crippen molar-refractivity contribution >= 4 is 21.6 Å². The number of hydrogen-bond acceptors (Lipinski definition) is 2. The molecular formula is C14H22ClNO2S. The van der Waals surface area contributed by atoms with Crippen molar-refractivity contribution < 1.29 is 8.42 Å². The Balaban J connectivity index is 2.94. The van der Waals surface area contributed by atoms with E-state index in [0.717, 1.165) is 18.4 Å². The zero-order valence-electron chi connectivity index (χ0n) is 11.7. The fourth-order valence-corrected chi connectivity index (χ4v) is 3.51. The molecule has 0 spiro atoms. The smallest absolute Gasteiger partial charge is 0.207 e. The molecule has 0 aromatic heterocycles. The summed E-state index contributed by atoms with van der Waals surface area (Å²) >= 11 is 5.84. The first-order chi connectivity index (χ1) is 8.87. The molecule has 0 aliphatic carbocycles. The molecule has 1 N–H and O–H groups in total. The monoisotopic (exact) mass is 303 g/mol. The number of rotatable bonds is 7. The standard InChI is InChI=1S/C14H22ClNO2S/c1-4-6-12-7-9-13(10-8-12)19(17,18)16-14(3,5-2)11-15/h7-10,16H,4-6,11H2,1-3H3. The van der Waals surface area contributed by atoms with E-state index in [-0.39, 0.29) is 10.8 Å². The SMILES string of the molecule is CCCc1ccc(S(=O)(=O)NC(C)(CC)CCl)cc1. The molecule has 1 unspecified atom stereocenters. The van der Waals surface area contributed by atoms with Crippen LogP contribution in [0.1, 0.15) is 39.2 Å². The fraction of sp³-hybridized carbons (Fsp3) is 0.571. The van der Waals surface area contributed by atoms with Crippen LogP contribution >= 0.6 is 11.6 Å². The summed E-state index contributed by atoms with van der Waals surface area (Å²) in [7, 11) is -3.51. The Morgan fingerprint density at radius 1 is 1.21 bits per heavy atom. The Bertz CT molecular complexity index is 493. The van der Waals surface area contributed by atoms with Crippen LogP contribution < -0.4 is 4.72 Å². The summed E-state index contributed by atoms with van der Waals surface area (Å²) in [6, 6.07) is 7.03. The zero-order valence-corrected chi connectivity index (χ0v) is 13.3. The molecule has 1 atom stereocenters. The minimum Gasteiger partial charge on any atom is -0.207 e. The van der Waals surface area contributed by atoms with Crippen LogP contribution in [0.3, 0.4) is 0 Å². The maximum atomic E-state index is 12.3. The second kappa shape index (κ2) is 6.73. The van der Waals surface area contributed by atoms with Crippen molar-refractivity contribution in [3.8, 4) is 0 Å². The largest absolute Gasteiger partial charge is 0.241 e. The highest BCUT2D eigenvalue weighted by Gasteiger charge is 2.28. The second-order valence-electron chi connectivity index (χ2n) is 5.05. The van der Waals surface area contributed by atoms with Crippen molar-refractivity contribution in [2.45, 2.75) is 50.5 Å². The maximum absolute atomic E-state index is 12.3. The lowest BCUT2D eigenvalue weighted by atomic mass is 10.0. The number of halogens is 1. The van der Waals surface area contributed by atoms with Gasteiger partial charge in [-0.3, -0.25) is 0 Å². The van der Waals surface area contributed by atoms with Crippen LogP contribution in [0.15, 0.2) is 29.2 Å². The number of benzene rings is 1. The Kier molecular flexibility index (Phi) is 5.83. The first kappa shape index (κ1) is 16.5. The van der Waals surface area contributed by atoms with E-state index in [1.165, 1.54) is 0 Å². The predicted octanol–water partition coefficient (Wildman–Crippen LogP) is 3.32. The number of nitrogens with one attached hydrogen (secondary N) is 1. The third kappa shape index (κ3) is 4.48. The summed E-state index contributed by atoms with van der Waals surface area (Å²) in [5.74, 6) is 0.247. The molecular weight excluding hydrogens is 282 g/mol. The van der Waals surface area contributed by atoms with Crippen molar-refractivity contribution in [2.24, 2.45) is 0 Å². The van der Waals surface area contributed by atoms with Gasteiger partial charge in [0.05, 0.1) is 4.90 Å². The summed E-state index contributed by atoms with van der Waals surface area (Å²) in [4.78, 5) is 0.289. The van der Waals surface area contributed by atoms with Gasteiger partial charge in [0.25, 0.3) is 0 Å². The average molecular weight is 304 g/mol. The Labute approximate surface area is 121 Å². The minimum absolute atomic E-state index is 0.247. The number of sulfonamides is 1. The van der Waals surface area contributed by atoms with Crippen LogP contribution in [-0.4, -0.2) is 19.8 Å². The molecule has 108 valence electrons. The molecule has 0 radical (unpaired) electrons. The van der Waals surface area contributed by atoms with Gasteiger partial charge in [0.15, 0.2) is 0 Å². The van der Waals surface area contributed by atoms with E-state index in [0.29, 0.717) is 6.42 Å². The van der Waals surface area contributed by atoms with Gasteiger partial charge in [-0.1, -0.05) is 32.4 Å². The molecule has 0 saturated carbocycles. The van der Waals surface area contributed by atoms with Crippen LogP contribution in [0.4, 0.5) is 0 Å². The number of aryl methyl sites for hydroxylation is 1. The normalized spacial score (nSPS) is 15.2. The lowest BCUT2D eigenvalue weighted by molar-refractivity contribution is 0.444. The topological polar surface area (TPSA) is 46.2 Å². The van der Waals surface area contributed by atoms with E-state index in [2.05, 4.69) is 11.6 Å². The van der Waals surface area contributed by atoms with Crippen molar-refractivity contribution in [1.82, 2.24) is 4.72 Å². The summed E-state index contributed by atoms with van der Waals surface area (Å²) < 4.78 is 27.2. The second-order valence-corrected chi connectivity index (χ2v) is 7.00. The zero-order chi connectivity index (χ0) is 14.5. The molecule has 3 nitrogen and oxygen atoms in total. The highest BCUT2D eigenvalue weighted by atomic mass is 35.5. The maximum Gasteiger partial charge on any atom is 0.241 e. The number of hydrogen-bond donors (Lipinski definition) is 1. The lowest BCUT2D eigenvalue weighted by Gasteiger charge is -2.26. The van der Waals surface area contributed by atoms with Crippen LogP contribution in [0.25, 0.3) is 0 Å². The first-order valence-corrected chi connectivity index (χ1v) is 8.57. The van der Waals surface area contributed by atoms with Gasteiger partial charge in [0, 0.05) is 11.4 Å². The lowest BCUT2D eigenvalue weighted by Crippen LogP contribution is -2.46. The highest BCUT2D eigenvalue weighted by molar-refractivity contribution is 7.89. The summed E-state index contributed by atoms with van der Waals surface area (Å²) in [6.07, 6.45) is 2.65. The molecule has 0 saturated heterocycles. The van der Waals surface area contributed by atoms with Gasteiger partial charge in [0.2, 0.25) is 10.0 Å². The molecule has 0 amide bonds. The predicted molar refractivity (Wildman–Crippen MR) is 80.2 cm³/mol. The molecule has 0 fully saturated rings. The van der Waals surface area contributed by atoms with E-state index in [9.17, 15) is 8.42 Å². The van der Waals surface area contributed by atoms with Crippen molar-refractivity contribution in [1.29, 1.82) is 0 Å². The average Bonchev–Trinajstić information content (AvgIpc) is 2.39. The van der Waals surface area contributed by atoms with Crippen molar-refractivity contribution in [3.63, 3.8) is 0 Å². The van der Waals surface area contributed by atoms with Gasteiger partial charge < -0.3 is 0 Å². The third-order valence-electron chi connectivity index (χ3n) is 3.23. The van der Waals surface area contributed by atoms with E-state index >= 15 is 0 Å². The summed E-state index contributed by atoms with van der Waals surface area (Å²) in [5.41, 5.74) is 0.541. The molecule has 0 heterocycles. The van der Waals surface area contributed by atoms with Crippen LogP contribution in [-0.2, 0) is 16.4 Å². The Morgan fingerprint density at radius 3 is 2.21 bits per heavy atom. The van der Waals surface area contributed by atoms with E-state index in [1.807, 2.05) is 26.0 Å². The van der Waals surface area contributed by atoms with Crippen molar-refractivity contribution in [2.75, 3.05) is 5.88 Å². The van der Waals surface area contributed by atoms with Crippen LogP contribution in [0, 0.1) is 0 Å². The highest BCUT2D eigenvalue weighted by Crippen LogP contribution is 2.18. The van der Waals surface area contributed by atoms with E-state index in [1.54, 1.807) is 12.1 Å². The molecule has 19 heavy (non-hydrogen) atoms. The van der Waals surface area contributed by atoms with Crippen molar-refractivity contribution in [3.05, 3.63) is 29.8 Å². The van der Waals surface area contributed by atoms with E-state index in [4.69, 9.17) is 11.6 Å². The molecule has 0 aliphatic heterocycles. The van der Waals surface area contributed by atoms with Gasteiger partial charge in [-0.15, -0.1) is 11.6 Å². The summed E-state index contributed by atoms with van der Waals surface area (Å²) in [5, 5.41) is 0. The summed E-state index contributed by atoms with van der Waals surface area (Å²) in [6.45, 7) is 5.82. The molecule has 1 aromatic carbocycles. The van der Waals surface area contributed by atoms with Gasteiger partial charge >= 0.3 is 0 Å².